The molecule has 0 spiro atoms. The van der Waals surface area contributed by atoms with Crippen LogP contribution < -0.4 is 5.32 Å². The number of nitrogens with one attached hydrogen (secondary N) is 1. The summed E-state index contributed by atoms with van der Waals surface area (Å²) in [7, 11) is 0. The molecule has 0 radical (unpaired) electrons. The fraction of sp³-hybridized carbons (Fsp3) is 0.143. The minimum Gasteiger partial charge on any atom is -0.380 e. The minimum atomic E-state index is -4.44. The fourth-order valence-corrected chi connectivity index (χ4v) is 2.53. The van der Waals surface area contributed by atoms with Crippen LogP contribution in [0.15, 0.2) is 40.9 Å². The smallest absolute Gasteiger partial charge is 0.380 e. The first-order valence-corrected chi connectivity index (χ1v) is 7.37. The number of alkyl halides is 3. The molecule has 112 valence electrons. The molecule has 21 heavy (non-hydrogen) atoms. The van der Waals surface area contributed by atoms with Gasteiger partial charge in [0.25, 0.3) is 0 Å². The predicted molar refractivity (Wildman–Crippen MR) is 82.9 cm³/mol. The maximum absolute atomic E-state index is 13.0. The second-order valence-electron chi connectivity index (χ2n) is 4.25. The van der Waals surface area contributed by atoms with Crippen LogP contribution in [-0.4, -0.2) is 0 Å². The molecular weight excluding hydrogens is 390 g/mol. The van der Waals surface area contributed by atoms with Crippen LogP contribution in [0.4, 0.5) is 18.9 Å². The summed E-state index contributed by atoms with van der Waals surface area (Å²) < 4.78 is 39.3. The zero-order chi connectivity index (χ0) is 15.6. The predicted octanol–water partition coefficient (Wildman–Crippen LogP) is 6.39. The van der Waals surface area contributed by atoms with E-state index in [0.29, 0.717) is 20.1 Å². The van der Waals surface area contributed by atoms with Crippen molar-refractivity contribution in [2.24, 2.45) is 0 Å². The lowest BCUT2D eigenvalue weighted by Gasteiger charge is -2.15. The maximum Gasteiger partial charge on any atom is 0.418 e. The lowest BCUT2D eigenvalue weighted by molar-refractivity contribution is -0.137. The van der Waals surface area contributed by atoms with E-state index in [1.165, 1.54) is 12.1 Å². The number of halogens is 6. The van der Waals surface area contributed by atoms with Crippen LogP contribution in [0.25, 0.3) is 0 Å². The Bertz CT molecular complexity index is 659. The molecule has 1 N–H and O–H groups in total. The Morgan fingerprint density at radius 2 is 1.81 bits per heavy atom. The molecule has 1 nitrogen and oxygen atoms in total. The minimum absolute atomic E-state index is 0.0123. The molecule has 2 aromatic rings. The molecule has 7 heteroatoms. The van der Waals surface area contributed by atoms with Gasteiger partial charge in [0.15, 0.2) is 0 Å². The van der Waals surface area contributed by atoms with Gasteiger partial charge in [-0.2, -0.15) is 13.2 Å². The Labute approximate surface area is 138 Å². The van der Waals surface area contributed by atoms with Crippen molar-refractivity contribution >= 4 is 44.8 Å². The summed E-state index contributed by atoms with van der Waals surface area (Å²) in [4.78, 5) is 0. The van der Waals surface area contributed by atoms with Gasteiger partial charge in [-0.1, -0.05) is 51.3 Å². The molecule has 2 rings (SSSR count). The highest BCUT2D eigenvalue weighted by molar-refractivity contribution is 9.10. The average Bonchev–Trinajstić information content (AvgIpc) is 2.40. The van der Waals surface area contributed by atoms with Crippen molar-refractivity contribution in [3.8, 4) is 0 Å². The van der Waals surface area contributed by atoms with E-state index in [1.807, 2.05) is 0 Å². The first-order valence-electron chi connectivity index (χ1n) is 5.82. The molecule has 0 saturated carbocycles. The quantitative estimate of drug-likeness (QED) is 0.631. The summed E-state index contributed by atoms with van der Waals surface area (Å²) in [6, 6.07) is 8.95. The van der Waals surface area contributed by atoms with Crippen LogP contribution >= 0.6 is 39.1 Å². The van der Waals surface area contributed by atoms with Crippen molar-refractivity contribution in [1.82, 2.24) is 0 Å². The molecule has 0 aromatic heterocycles. The van der Waals surface area contributed by atoms with Gasteiger partial charge in [0.1, 0.15) is 0 Å². The van der Waals surface area contributed by atoms with Gasteiger partial charge in [-0.05, 0) is 29.8 Å². The lowest BCUT2D eigenvalue weighted by Crippen LogP contribution is -2.11. The summed E-state index contributed by atoms with van der Waals surface area (Å²) in [5.74, 6) is 0. The lowest BCUT2D eigenvalue weighted by atomic mass is 10.1. The number of hydrogen-bond acceptors (Lipinski definition) is 1. The second kappa shape index (κ2) is 6.46. The summed E-state index contributed by atoms with van der Waals surface area (Å²) in [6.45, 7) is 0.143. The third-order valence-corrected chi connectivity index (χ3v) is 4.14. The zero-order valence-corrected chi connectivity index (χ0v) is 13.5. The molecule has 0 aliphatic heterocycles. The average molecular weight is 399 g/mol. The van der Waals surface area contributed by atoms with Gasteiger partial charge in [0.05, 0.1) is 15.6 Å². The third kappa shape index (κ3) is 4.05. The van der Waals surface area contributed by atoms with Gasteiger partial charge in [-0.3, -0.25) is 0 Å². The maximum atomic E-state index is 13.0. The molecule has 0 saturated heterocycles. The van der Waals surface area contributed by atoms with E-state index in [2.05, 4.69) is 21.2 Å². The first-order chi connectivity index (χ1) is 9.79. The van der Waals surface area contributed by atoms with E-state index in [1.54, 1.807) is 18.2 Å². The van der Waals surface area contributed by atoms with E-state index < -0.39 is 11.7 Å². The molecule has 0 aliphatic carbocycles. The van der Waals surface area contributed by atoms with Crippen molar-refractivity contribution in [1.29, 1.82) is 0 Å². The largest absolute Gasteiger partial charge is 0.418 e. The normalized spacial score (nSPS) is 11.5. The van der Waals surface area contributed by atoms with Crippen molar-refractivity contribution in [2.75, 3.05) is 5.32 Å². The van der Waals surface area contributed by atoms with Crippen molar-refractivity contribution in [2.45, 2.75) is 12.7 Å². The highest BCUT2D eigenvalue weighted by Gasteiger charge is 2.33. The van der Waals surface area contributed by atoms with Crippen LogP contribution in [0, 0.1) is 0 Å². The summed E-state index contributed by atoms with van der Waals surface area (Å²) in [5.41, 5.74) is -0.128. The Kier molecular flexibility index (Phi) is 5.07. The number of anilines is 1. The summed E-state index contributed by atoms with van der Waals surface area (Å²) in [5, 5.41) is 3.44. The highest BCUT2D eigenvalue weighted by atomic mass is 79.9. The zero-order valence-electron chi connectivity index (χ0n) is 10.4. The number of hydrogen-bond donors (Lipinski definition) is 1. The number of rotatable bonds is 3. The van der Waals surface area contributed by atoms with Crippen LogP contribution in [0.1, 0.15) is 11.1 Å². The topological polar surface area (TPSA) is 12.0 Å². The van der Waals surface area contributed by atoms with E-state index in [9.17, 15) is 13.2 Å². The van der Waals surface area contributed by atoms with Gasteiger partial charge in [-0.15, -0.1) is 0 Å². The van der Waals surface area contributed by atoms with Crippen LogP contribution in [-0.2, 0) is 12.7 Å². The molecule has 0 bridgehead atoms. The van der Waals surface area contributed by atoms with Crippen molar-refractivity contribution in [3.05, 3.63) is 62.0 Å². The van der Waals surface area contributed by atoms with E-state index in [0.717, 1.165) is 6.07 Å². The highest BCUT2D eigenvalue weighted by Crippen LogP contribution is 2.37. The van der Waals surface area contributed by atoms with Crippen LogP contribution in [0.2, 0.25) is 10.0 Å². The third-order valence-electron chi connectivity index (χ3n) is 2.79. The Morgan fingerprint density at radius 1 is 1.10 bits per heavy atom. The molecule has 0 unspecified atom stereocenters. The molecule has 0 fully saturated rings. The van der Waals surface area contributed by atoms with Crippen molar-refractivity contribution < 1.29 is 13.2 Å². The SMILES string of the molecule is FC(F)(F)c1cc(Br)ccc1NCc1cccc(Cl)c1Cl. The van der Waals surface area contributed by atoms with Gasteiger partial charge in [-0.25, -0.2) is 0 Å². The molecule has 0 aliphatic rings. The Balaban J connectivity index is 2.26. The van der Waals surface area contributed by atoms with E-state index in [-0.39, 0.29) is 12.2 Å². The van der Waals surface area contributed by atoms with Crippen molar-refractivity contribution in [3.63, 3.8) is 0 Å². The van der Waals surface area contributed by atoms with Crippen LogP contribution in [0.3, 0.4) is 0 Å². The molecule has 0 heterocycles. The molecule has 0 amide bonds. The van der Waals surface area contributed by atoms with Gasteiger partial charge in [0, 0.05) is 16.7 Å². The van der Waals surface area contributed by atoms with Gasteiger partial charge < -0.3 is 5.32 Å². The Hall–Kier alpha value is -0.910. The summed E-state index contributed by atoms with van der Waals surface area (Å²) >= 11 is 14.9. The summed E-state index contributed by atoms with van der Waals surface area (Å²) in [6.07, 6.45) is -4.44. The fourth-order valence-electron chi connectivity index (χ4n) is 1.78. The molecular formula is C14H9BrCl2F3N. The second-order valence-corrected chi connectivity index (χ2v) is 5.96. The van der Waals surface area contributed by atoms with Gasteiger partial charge in [0.2, 0.25) is 0 Å². The molecule has 2 aromatic carbocycles. The first kappa shape index (κ1) is 16.5. The number of benzene rings is 2. The van der Waals surface area contributed by atoms with E-state index in [4.69, 9.17) is 23.2 Å². The monoisotopic (exact) mass is 397 g/mol. The van der Waals surface area contributed by atoms with Crippen LogP contribution in [0.5, 0.6) is 0 Å². The standard InChI is InChI=1S/C14H9BrCl2F3N/c15-9-4-5-12(10(6-9)14(18,19)20)21-7-8-2-1-3-11(16)13(8)17/h1-6,21H,7H2. The Morgan fingerprint density at radius 3 is 2.48 bits per heavy atom. The van der Waals surface area contributed by atoms with Gasteiger partial charge >= 0.3 is 6.18 Å². The molecule has 0 atom stereocenters. The van der Waals surface area contributed by atoms with E-state index >= 15 is 0 Å².